The van der Waals surface area contributed by atoms with Gasteiger partial charge >= 0.3 is 0 Å². The molecule has 2 aromatic rings. The van der Waals surface area contributed by atoms with E-state index in [1.165, 1.54) is 0 Å². The van der Waals surface area contributed by atoms with Gasteiger partial charge in [0, 0.05) is 42.1 Å². The molecule has 0 fully saturated rings. The van der Waals surface area contributed by atoms with Crippen LogP contribution in [-0.2, 0) is 10.0 Å². The topological polar surface area (TPSA) is 79.3 Å². The van der Waals surface area contributed by atoms with Crippen molar-refractivity contribution in [3.63, 3.8) is 0 Å². The first kappa shape index (κ1) is 16.2. The van der Waals surface area contributed by atoms with Gasteiger partial charge in [0.1, 0.15) is 0 Å². The lowest BCUT2D eigenvalue weighted by atomic mass is 10.2. The summed E-state index contributed by atoms with van der Waals surface area (Å²) in [5.41, 5.74) is 0. The Labute approximate surface area is 128 Å². The molecule has 0 saturated carbocycles. The summed E-state index contributed by atoms with van der Waals surface area (Å²) in [6, 6.07) is 6.87. The molecule has 1 aromatic carbocycles. The quantitative estimate of drug-likeness (QED) is 0.721. The maximum absolute atomic E-state index is 12.4. The van der Waals surface area contributed by atoms with Gasteiger partial charge in [-0.1, -0.05) is 12.1 Å². The molecule has 114 valence electrons. The Balaban J connectivity index is 2.05. The van der Waals surface area contributed by atoms with Crippen molar-refractivity contribution in [2.45, 2.75) is 11.3 Å². The number of fused-ring (bicyclic) bond motifs is 1. The van der Waals surface area contributed by atoms with Gasteiger partial charge in [0.15, 0.2) is 0 Å². The van der Waals surface area contributed by atoms with Crippen LogP contribution in [0.1, 0.15) is 6.42 Å². The number of hydrogen-bond acceptors (Lipinski definition) is 5. The number of rotatable bonds is 8. The van der Waals surface area contributed by atoms with Crippen molar-refractivity contribution in [2.75, 3.05) is 24.7 Å². The van der Waals surface area contributed by atoms with Crippen LogP contribution in [0.2, 0.25) is 0 Å². The van der Waals surface area contributed by atoms with Crippen LogP contribution >= 0.6 is 11.8 Å². The number of aliphatic hydroxyl groups excluding tert-OH is 1. The van der Waals surface area contributed by atoms with Crippen LogP contribution in [0.5, 0.6) is 0 Å². The van der Waals surface area contributed by atoms with Gasteiger partial charge in [-0.05, 0) is 24.3 Å². The minimum Gasteiger partial charge on any atom is -0.396 e. The first-order valence-corrected chi connectivity index (χ1v) is 9.30. The summed E-state index contributed by atoms with van der Waals surface area (Å²) in [6.07, 6.45) is 3.97. The summed E-state index contributed by atoms with van der Waals surface area (Å²) in [7, 11) is -3.52. The molecular formula is C14H18N2O3S2. The van der Waals surface area contributed by atoms with Crippen LogP contribution in [0.15, 0.2) is 41.6 Å². The first-order chi connectivity index (χ1) is 10.1. The largest absolute Gasteiger partial charge is 0.396 e. The molecule has 0 bridgehead atoms. The third-order valence-corrected chi connectivity index (χ3v) is 5.50. The van der Waals surface area contributed by atoms with Crippen LogP contribution in [0.25, 0.3) is 10.8 Å². The fourth-order valence-electron chi connectivity index (χ4n) is 1.92. The zero-order valence-electron chi connectivity index (χ0n) is 11.5. The summed E-state index contributed by atoms with van der Waals surface area (Å²) in [4.78, 5) is 4.28. The second kappa shape index (κ2) is 7.74. The van der Waals surface area contributed by atoms with E-state index in [1.54, 1.807) is 42.4 Å². The number of aromatic nitrogens is 1. The van der Waals surface area contributed by atoms with E-state index < -0.39 is 10.0 Å². The molecule has 0 aliphatic carbocycles. The second-order valence-electron chi connectivity index (χ2n) is 4.44. The Kier molecular flexibility index (Phi) is 5.98. The molecule has 2 rings (SSSR count). The highest BCUT2D eigenvalue weighted by atomic mass is 32.2. The Hall–Kier alpha value is -1.15. The summed E-state index contributed by atoms with van der Waals surface area (Å²) >= 11 is 1.62. The van der Waals surface area contributed by atoms with Crippen LogP contribution in [0, 0.1) is 0 Å². The van der Waals surface area contributed by atoms with Gasteiger partial charge in [0.25, 0.3) is 0 Å². The van der Waals surface area contributed by atoms with Gasteiger partial charge in [0.2, 0.25) is 10.0 Å². The lowest BCUT2D eigenvalue weighted by Gasteiger charge is -2.09. The smallest absolute Gasteiger partial charge is 0.241 e. The summed E-state index contributed by atoms with van der Waals surface area (Å²) in [6.45, 7) is 0.544. The van der Waals surface area contributed by atoms with Crippen molar-refractivity contribution in [3.05, 3.63) is 36.7 Å². The van der Waals surface area contributed by atoms with Gasteiger partial charge in [0.05, 0.1) is 4.90 Å². The fourth-order valence-corrected chi connectivity index (χ4v) is 4.09. The molecule has 7 heteroatoms. The number of pyridine rings is 1. The molecule has 0 amide bonds. The zero-order chi connectivity index (χ0) is 15.1. The highest BCUT2D eigenvalue weighted by Crippen LogP contribution is 2.21. The maximum Gasteiger partial charge on any atom is 0.241 e. The van der Waals surface area contributed by atoms with E-state index in [4.69, 9.17) is 5.11 Å². The van der Waals surface area contributed by atoms with Crippen molar-refractivity contribution in [3.8, 4) is 0 Å². The SMILES string of the molecule is O=S(=O)(NCCSCCCO)c1cccc2cnccc12. The van der Waals surface area contributed by atoms with Crippen LogP contribution in [0.3, 0.4) is 0 Å². The molecule has 0 spiro atoms. The molecule has 5 nitrogen and oxygen atoms in total. The number of benzene rings is 1. The molecule has 1 heterocycles. The van der Waals surface area contributed by atoms with E-state index >= 15 is 0 Å². The number of sulfonamides is 1. The molecule has 2 N–H and O–H groups in total. The molecule has 21 heavy (non-hydrogen) atoms. The Morgan fingerprint density at radius 3 is 2.90 bits per heavy atom. The van der Waals surface area contributed by atoms with E-state index in [0.717, 1.165) is 17.6 Å². The zero-order valence-corrected chi connectivity index (χ0v) is 13.2. The van der Waals surface area contributed by atoms with E-state index in [-0.39, 0.29) is 11.5 Å². The third-order valence-electron chi connectivity index (χ3n) is 2.92. The number of hydrogen-bond donors (Lipinski definition) is 2. The van der Waals surface area contributed by atoms with E-state index in [9.17, 15) is 8.42 Å². The molecule has 0 saturated heterocycles. The number of nitrogens with zero attached hydrogens (tertiary/aromatic N) is 1. The van der Waals surface area contributed by atoms with Gasteiger partial charge in [-0.25, -0.2) is 13.1 Å². The molecule has 1 aromatic heterocycles. The van der Waals surface area contributed by atoms with Gasteiger partial charge in [-0.3, -0.25) is 4.98 Å². The molecule has 0 aliphatic heterocycles. The predicted molar refractivity (Wildman–Crippen MR) is 86.0 cm³/mol. The minimum atomic E-state index is -3.52. The average Bonchev–Trinajstić information content (AvgIpc) is 2.50. The summed E-state index contributed by atoms with van der Waals surface area (Å²) in [5.74, 6) is 1.52. The van der Waals surface area contributed by atoms with Crippen LogP contribution < -0.4 is 4.72 Å². The highest BCUT2D eigenvalue weighted by molar-refractivity contribution is 7.99. The molecule has 0 radical (unpaired) electrons. The van der Waals surface area contributed by atoms with Crippen molar-refractivity contribution < 1.29 is 13.5 Å². The lowest BCUT2D eigenvalue weighted by molar-refractivity contribution is 0.296. The minimum absolute atomic E-state index is 0.169. The summed E-state index contributed by atoms with van der Waals surface area (Å²) in [5, 5.41) is 10.1. The number of aliphatic hydroxyl groups is 1. The van der Waals surface area contributed by atoms with E-state index in [2.05, 4.69) is 9.71 Å². The second-order valence-corrected chi connectivity index (χ2v) is 7.40. The van der Waals surface area contributed by atoms with Crippen LogP contribution in [0.4, 0.5) is 0 Å². The monoisotopic (exact) mass is 326 g/mol. The van der Waals surface area contributed by atoms with Gasteiger partial charge in [-0.15, -0.1) is 0 Å². The van der Waals surface area contributed by atoms with Crippen molar-refractivity contribution in [1.82, 2.24) is 9.71 Å². The van der Waals surface area contributed by atoms with Crippen LogP contribution in [-0.4, -0.2) is 43.2 Å². The first-order valence-electron chi connectivity index (χ1n) is 6.66. The molecular weight excluding hydrogens is 308 g/mol. The fraction of sp³-hybridized carbons (Fsp3) is 0.357. The van der Waals surface area contributed by atoms with Gasteiger partial charge in [-0.2, -0.15) is 11.8 Å². The molecule has 0 aliphatic rings. The van der Waals surface area contributed by atoms with E-state index in [0.29, 0.717) is 17.7 Å². The molecule has 0 atom stereocenters. The number of thioether (sulfide) groups is 1. The molecule has 0 unspecified atom stereocenters. The third kappa shape index (κ3) is 4.41. The Morgan fingerprint density at radius 1 is 1.24 bits per heavy atom. The van der Waals surface area contributed by atoms with Crippen molar-refractivity contribution in [1.29, 1.82) is 0 Å². The number of nitrogens with one attached hydrogen (secondary N) is 1. The standard InChI is InChI=1S/C14H18N2O3S2/c17-8-2-9-20-10-7-16-21(18,19)14-4-1-3-12-11-15-6-5-13(12)14/h1,3-6,11,16-17H,2,7-10H2. The lowest BCUT2D eigenvalue weighted by Crippen LogP contribution is -2.26. The Morgan fingerprint density at radius 2 is 2.10 bits per heavy atom. The summed E-state index contributed by atoms with van der Waals surface area (Å²) < 4.78 is 27.3. The average molecular weight is 326 g/mol. The maximum atomic E-state index is 12.4. The van der Waals surface area contributed by atoms with E-state index in [1.807, 2.05) is 6.07 Å². The highest BCUT2D eigenvalue weighted by Gasteiger charge is 2.16. The normalized spacial score (nSPS) is 11.9. The van der Waals surface area contributed by atoms with Crippen molar-refractivity contribution in [2.24, 2.45) is 0 Å². The predicted octanol–water partition coefficient (Wildman–Crippen LogP) is 1.63. The van der Waals surface area contributed by atoms with Gasteiger partial charge < -0.3 is 5.11 Å². The Bertz CT molecular complexity index is 684. The van der Waals surface area contributed by atoms with Crippen molar-refractivity contribution >= 4 is 32.6 Å².